The van der Waals surface area contributed by atoms with Crippen molar-refractivity contribution < 1.29 is 0 Å². The van der Waals surface area contributed by atoms with E-state index >= 15 is 0 Å². The molecule has 0 spiro atoms. The molecule has 0 amide bonds. The minimum Gasteiger partial charge on any atom is -0.316 e. The third-order valence-corrected chi connectivity index (χ3v) is 3.95. The first-order valence-electron chi connectivity index (χ1n) is 6.19. The molecule has 2 atom stereocenters. The van der Waals surface area contributed by atoms with Crippen LogP contribution in [0.25, 0.3) is 6.08 Å². The van der Waals surface area contributed by atoms with Crippen molar-refractivity contribution in [1.82, 2.24) is 10.3 Å². The van der Waals surface area contributed by atoms with Crippen molar-refractivity contribution in [2.24, 2.45) is 11.8 Å². The van der Waals surface area contributed by atoms with Gasteiger partial charge in [0.15, 0.2) is 0 Å². The standard InChI is InChI=1S/C14H18N2/c1-10-4-6-15-9-13(10)12-7-11-3-2-5-16-14(11)8-12/h2-3,5,8,10,13,15H,4,6-7,9H2,1H3. The lowest BCUT2D eigenvalue weighted by Crippen LogP contribution is -2.36. The molecule has 16 heavy (non-hydrogen) atoms. The average Bonchev–Trinajstić information content (AvgIpc) is 2.73. The quantitative estimate of drug-likeness (QED) is 0.775. The molecule has 0 radical (unpaired) electrons. The van der Waals surface area contributed by atoms with Gasteiger partial charge in [-0.2, -0.15) is 0 Å². The topological polar surface area (TPSA) is 24.9 Å². The fraction of sp³-hybridized carbons (Fsp3) is 0.500. The zero-order valence-electron chi connectivity index (χ0n) is 9.74. The maximum atomic E-state index is 4.43. The molecule has 1 aliphatic carbocycles. The van der Waals surface area contributed by atoms with Gasteiger partial charge in [0.25, 0.3) is 0 Å². The number of pyridine rings is 1. The summed E-state index contributed by atoms with van der Waals surface area (Å²) in [6, 6.07) is 4.24. The highest BCUT2D eigenvalue weighted by Crippen LogP contribution is 2.33. The van der Waals surface area contributed by atoms with Crippen molar-refractivity contribution in [3.8, 4) is 0 Å². The highest BCUT2D eigenvalue weighted by Gasteiger charge is 2.27. The average molecular weight is 214 g/mol. The highest BCUT2D eigenvalue weighted by atomic mass is 14.9. The molecule has 1 aromatic rings. The van der Waals surface area contributed by atoms with Crippen LogP contribution in [-0.4, -0.2) is 18.1 Å². The first-order valence-corrected chi connectivity index (χ1v) is 6.19. The molecule has 1 N–H and O–H groups in total. The Morgan fingerprint density at radius 2 is 2.38 bits per heavy atom. The van der Waals surface area contributed by atoms with Crippen molar-refractivity contribution in [3.63, 3.8) is 0 Å². The van der Waals surface area contributed by atoms with E-state index in [1.54, 1.807) is 5.57 Å². The van der Waals surface area contributed by atoms with E-state index in [1.165, 1.54) is 24.2 Å². The number of hydrogen-bond acceptors (Lipinski definition) is 2. The molecule has 2 aliphatic rings. The molecule has 1 fully saturated rings. The van der Waals surface area contributed by atoms with Crippen LogP contribution in [0.4, 0.5) is 0 Å². The largest absolute Gasteiger partial charge is 0.316 e. The summed E-state index contributed by atoms with van der Waals surface area (Å²) in [5, 5.41) is 3.51. The fourth-order valence-corrected chi connectivity index (χ4v) is 2.90. The second kappa shape index (κ2) is 4.02. The molecular formula is C14H18N2. The monoisotopic (exact) mass is 214 g/mol. The van der Waals surface area contributed by atoms with Crippen LogP contribution < -0.4 is 5.32 Å². The third-order valence-electron chi connectivity index (χ3n) is 3.95. The Kier molecular flexibility index (Phi) is 2.52. The summed E-state index contributed by atoms with van der Waals surface area (Å²) in [6.07, 6.45) is 6.61. The first kappa shape index (κ1) is 10.0. The number of rotatable bonds is 1. The van der Waals surface area contributed by atoms with Gasteiger partial charge < -0.3 is 5.32 Å². The van der Waals surface area contributed by atoms with Crippen LogP contribution in [0.5, 0.6) is 0 Å². The molecule has 1 aromatic heterocycles. The van der Waals surface area contributed by atoms with Gasteiger partial charge >= 0.3 is 0 Å². The van der Waals surface area contributed by atoms with Crippen LogP contribution in [0.3, 0.4) is 0 Å². The summed E-state index contributed by atoms with van der Waals surface area (Å²) in [5.74, 6) is 1.52. The van der Waals surface area contributed by atoms with Gasteiger partial charge in [0.1, 0.15) is 0 Å². The van der Waals surface area contributed by atoms with Crippen molar-refractivity contribution in [3.05, 3.63) is 35.2 Å². The predicted octanol–water partition coefficient (Wildman–Crippen LogP) is 2.27. The second-order valence-corrected chi connectivity index (χ2v) is 5.02. The van der Waals surface area contributed by atoms with E-state index in [4.69, 9.17) is 0 Å². The minimum absolute atomic E-state index is 0.711. The van der Waals surface area contributed by atoms with Crippen LogP contribution in [0.2, 0.25) is 0 Å². The van der Waals surface area contributed by atoms with Crippen LogP contribution in [0.15, 0.2) is 23.9 Å². The number of piperidine rings is 1. The van der Waals surface area contributed by atoms with Gasteiger partial charge in [-0.05, 0) is 48.9 Å². The Morgan fingerprint density at radius 3 is 3.19 bits per heavy atom. The molecule has 2 unspecified atom stereocenters. The van der Waals surface area contributed by atoms with E-state index in [1.807, 2.05) is 12.3 Å². The van der Waals surface area contributed by atoms with Crippen LogP contribution in [0.1, 0.15) is 24.6 Å². The molecule has 1 aliphatic heterocycles. The molecule has 1 saturated heterocycles. The van der Waals surface area contributed by atoms with E-state index in [-0.39, 0.29) is 0 Å². The third kappa shape index (κ3) is 1.67. The Balaban J connectivity index is 1.84. The highest BCUT2D eigenvalue weighted by molar-refractivity contribution is 5.60. The van der Waals surface area contributed by atoms with Crippen molar-refractivity contribution in [2.75, 3.05) is 13.1 Å². The van der Waals surface area contributed by atoms with E-state index in [9.17, 15) is 0 Å². The van der Waals surface area contributed by atoms with Crippen LogP contribution in [-0.2, 0) is 6.42 Å². The second-order valence-electron chi connectivity index (χ2n) is 5.02. The molecule has 3 rings (SSSR count). The van der Waals surface area contributed by atoms with Gasteiger partial charge in [-0.25, -0.2) is 0 Å². The fourth-order valence-electron chi connectivity index (χ4n) is 2.90. The summed E-state index contributed by atoms with van der Waals surface area (Å²) in [4.78, 5) is 4.43. The minimum atomic E-state index is 0.711. The van der Waals surface area contributed by atoms with E-state index in [0.29, 0.717) is 5.92 Å². The van der Waals surface area contributed by atoms with Crippen molar-refractivity contribution in [2.45, 2.75) is 19.8 Å². The smallest absolute Gasteiger partial charge is 0.0664 e. The molecular weight excluding hydrogens is 196 g/mol. The number of nitrogens with one attached hydrogen (secondary N) is 1. The Hall–Kier alpha value is -1.15. The van der Waals surface area contributed by atoms with E-state index in [2.05, 4.69) is 29.4 Å². The van der Waals surface area contributed by atoms with Crippen LogP contribution >= 0.6 is 0 Å². The summed E-state index contributed by atoms with van der Waals surface area (Å²) in [6.45, 7) is 4.69. The molecule has 0 saturated carbocycles. The zero-order chi connectivity index (χ0) is 11.0. The maximum Gasteiger partial charge on any atom is 0.0664 e. The SMILES string of the molecule is CC1CCNCC1C1=Cc2ncccc2C1. The normalized spacial score (nSPS) is 28.7. The lowest BCUT2D eigenvalue weighted by Gasteiger charge is -2.30. The molecule has 2 nitrogen and oxygen atoms in total. The Morgan fingerprint density at radius 1 is 1.44 bits per heavy atom. The molecule has 0 bridgehead atoms. The van der Waals surface area contributed by atoms with E-state index in [0.717, 1.165) is 18.9 Å². The summed E-state index contributed by atoms with van der Waals surface area (Å²) in [7, 11) is 0. The molecule has 2 heteroatoms. The lowest BCUT2D eigenvalue weighted by atomic mass is 9.82. The molecule has 0 aromatic carbocycles. The Bertz CT molecular complexity index is 422. The van der Waals surface area contributed by atoms with Crippen molar-refractivity contribution in [1.29, 1.82) is 0 Å². The molecule has 2 heterocycles. The van der Waals surface area contributed by atoms with Gasteiger partial charge in [0.2, 0.25) is 0 Å². The summed E-state index contributed by atoms with van der Waals surface area (Å²) in [5.41, 5.74) is 4.17. The number of fused-ring (bicyclic) bond motifs is 1. The maximum absolute atomic E-state index is 4.43. The lowest BCUT2D eigenvalue weighted by molar-refractivity contribution is 0.310. The number of nitrogens with zero attached hydrogens (tertiary/aromatic N) is 1. The first-order chi connectivity index (χ1) is 7.84. The zero-order valence-corrected chi connectivity index (χ0v) is 9.74. The van der Waals surface area contributed by atoms with Gasteiger partial charge in [-0.15, -0.1) is 0 Å². The van der Waals surface area contributed by atoms with E-state index < -0.39 is 0 Å². The van der Waals surface area contributed by atoms with Gasteiger partial charge in [-0.3, -0.25) is 4.98 Å². The summed E-state index contributed by atoms with van der Waals surface area (Å²) >= 11 is 0. The number of hydrogen-bond donors (Lipinski definition) is 1. The summed E-state index contributed by atoms with van der Waals surface area (Å²) < 4.78 is 0. The van der Waals surface area contributed by atoms with Gasteiger partial charge in [-0.1, -0.05) is 18.6 Å². The molecule has 84 valence electrons. The van der Waals surface area contributed by atoms with Gasteiger partial charge in [0.05, 0.1) is 5.69 Å². The number of aromatic nitrogens is 1. The predicted molar refractivity (Wildman–Crippen MR) is 66.1 cm³/mol. The van der Waals surface area contributed by atoms with Crippen molar-refractivity contribution >= 4 is 6.08 Å². The van der Waals surface area contributed by atoms with Crippen LogP contribution in [0, 0.1) is 11.8 Å². The van der Waals surface area contributed by atoms with Gasteiger partial charge in [0, 0.05) is 12.7 Å². The Labute approximate surface area is 96.8 Å².